The number of rotatable bonds is 4. The zero-order chi connectivity index (χ0) is 17.6. The Morgan fingerprint density at radius 1 is 1.00 bits per heavy atom. The van der Waals surface area contributed by atoms with Crippen molar-refractivity contribution in [1.82, 2.24) is 0 Å². The third kappa shape index (κ3) is 2.87. The van der Waals surface area contributed by atoms with Crippen LogP contribution >= 0.6 is 27.3 Å². The molecular formula is C20H16BrNO2S. The summed E-state index contributed by atoms with van der Waals surface area (Å²) in [6.45, 7) is 0. The van der Waals surface area contributed by atoms with E-state index in [0.717, 1.165) is 49.4 Å². The van der Waals surface area contributed by atoms with Gasteiger partial charge in [-0.1, -0.05) is 48.5 Å². The molecule has 0 bridgehead atoms. The maximum atomic E-state index is 11.4. The van der Waals surface area contributed by atoms with Crippen molar-refractivity contribution in [2.45, 2.75) is 18.3 Å². The first-order chi connectivity index (χ1) is 12.0. The van der Waals surface area contributed by atoms with E-state index in [0.29, 0.717) is 0 Å². The molecule has 0 saturated heterocycles. The van der Waals surface area contributed by atoms with Gasteiger partial charge >= 0.3 is 5.97 Å². The second-order valence-corrected chi connectivity index (χ2v) is 8.81. The van der Waals surface area contributed by atoms with Gasteiger partial charge in [-0.2, -0.15) is 0 Å². The van der Waals surface area contributed by atoms with Gasteiger partial charge in [0, 0.05) is 0 Å². The lowest BCUT2D eigenvalue weighted by atomic mass is 9.93. The fraction of sp³-hybridized carbons (Fsp3) is 0.150. The third-order valence-corrected chi connectivity index (χ3v) is 6.51. The van der Waals surface area contributed by atoms with Gasteiger partial charge in [0.15, 0.2) is 0 Å². The Balaban J connectivity index is 1.60. The van der Waals surface area contributed by atoms with E-state index in [4.69, 9.17) is 5.73 Å². The predicted octanol–water partition coefficient (Wildman–Crippen LogP) is 5.54. The maximum Gasteiger partial charge on any atom is 0.314 e. The van der Waals surface area contributed by atoms with Crippen molar-refractivity contribution in [2.24, 2.45) is 0 Å². The molecule has 0 atom stereocenters. The molecule has 1 heterocycles. The average molecular weight is 414 g/mol. The van der Waals surface area contributed by atoms with Crippen LogP contribution in [-0.2, 0) is 10.2 Å². The summed E-state index contributed by atoms with van der Waals surface area (Å²) in [6.07, 6.45) is 1.46. The third-order valence-electron chi connectivity index (χ3n) is 4.81. The molecule has 25 heavy (non-hydrogen) atoms. The van der Waals surface area contributed by atoms with Gasteiger partial charge in [0.25, 0.3) is 0 Å². The van der Waals surface area contributed by atoms with Gasteiger partial charge in [-0.15, -0.1) is 11.3 Å². The smallest absolute Gasteiger partial charge is 0.314 e. The van der Waals surface area contributed by atoms with E-state index in [-0.39, 0.29) is 0 Å². The van der Waals surface area contributed by atoms with Crippen LogP contribution in [0.5, 0.6) is 0 Å². The number of nitrogen functional groups attached to an aromatic ring is 1. The number of thiophene rings is 1. The number of carboxylic acid groups (broad SMARTS) is 1. The van der Waals surface area contributed by atoms with Crippen LogP contribution in [0, 0.1) is 0 Å². The normalized spacial score (nSPS) is 15.1. The van der Waals surface area contributed by atoms with Crippen LogP contribution in [0.3, 0.4) is 0 Å². The molecular weight excluding hydrogens is 398 g/mol. The van der Waals surface area contributed by atoms with Crippen LogP contribution in [0.15, 0.2) is 58.4 Å². The van der Waals surface area contributed by atoms with Crippen LogP contribution in [0.25, 0.3) is 21.6 Å². The summed E-state index contributed by atoms with van der Waals surface area (Å²) in [4.78, 5) is 12.5. The lowest BCUT2D eigenvalue weighted by Gasteiger charge is -2.11. The molecule has 0 amide bonds. The van der Waals surface area contributed by atoms with Gasteiger partial charge in [-0.25, -0.2) is 0 Å². The summed E-state index contributed by atoms with van der Waals surface area (Å²) in [6, 6.07) is 18.1. The monoisotopic (exact) mass is 413 g/mol. The van der Waals surface area contributed by atoms with Gasteiger partial charge in [-0.3, -0.25) is 4.79 Å². The molecule has 2 aromatic carbocycles. The molecule has 3 N–H and O–H groups in total. The summed E-state index contributed by atoms with van der Waals surface area (Å²) in [5.41, 5.74) is 10.3. The highest BCUT2D eigenvalue weighted by atomic mass is 79.9. The number of carboxylic acids is 1. The summed E-state index contributed by atoms with van der Waals surface area (Å²) in [5, 5.41) is 9.39. The van der Waals surface area contributed by atoms with E-state index in [1.165, 1.54) is 0 Å². The zero-order valence-electron chi connectivity index (χ0n) is 13.3. The van der Waals surface area contributed by atoms with Crippen molar-refractivity contribution in [3.63, 3.8) is 0 Å². The second-order valence-electron chi connectivity index (χ2n) is 6.38. The maximum absolute atomic E-state index is 11.4. The zero-order valence-corrected chi connectivity index (χ0v) is 15.7. The first kappa shape index (κ1) is 16.4. The van der Waals surface area contributed by atoms with Crippen LogP contribution in [-0.4, -0.2) is 11.1 Å². The number of halogens is 1. The molecule has 0 unspecified atom stereocenters. The predicted molar refractivity (Wildman–Crippen MR) is 106 cm³/mol. The van der Waals surface area contributed by atoms with Crippen molar-refractivity contribution < 1.29 is 9.90 Å². The Kier molecular flexibility index (Phi) is 3.93. The number of benzene rings is 2. The Morgan fingerprint density at radius 2 is 1.52 bits per heavy atom. The molecule has 3 nitrogen and oxygen atoms in total. The molecule has 1 aliphatic rings. The summed E-state index contributed by atoms with van der Waals surface area (Å²) in [7, 11) is 0. The molecule has 0 spiro atoms. The minimum Gasteiger partial charge on any atom is -0.481 e. The molecule has 3 aromatic rings. The highest BCUT2D eigenvalue weighted by Gasteiger charge is 2.51. The lowest BCUT2D eigenvalue weighted by molar-refractivity contribution is -0.140. The van der Waals surface area contributed by atoms with Crippen molar-refractivity contribution in [2.75, 3.05) is 5.73 Å². The summed E-state index contributed by atoms with van der Waals surface area (Å²) >= 11 is 5.09. The number of nitrogens with two attached hydrogens (primary N) is 1. The number of hydrogen-bond acceptors (Lipinski definition) is 3. The Morgan fingerprint density at radius 3 is 1.96 bits per heavy atom. The standard InChI is InChI=1S/C20H16BrNO2S/c21-17-11-16(22)18(25-17)14-3-1-12(2-4-14)13-5-7-15(8-6-13)20(9-10-20)19(23)24/h1-8,11H,9-10,22H2,(H,23,24). The van der Waals surface area contributed by atoms with Crippen molar-refractivity contribution >= 4 is 38.9 Å². The van der Waals surface area contributed by atoms with Gasteiger partial charge in [0.05, 0.1) is 19.8 Å². The largest absolute Gasteiger partial charge is 0.481 e. The number of aliphatic carboxylic acids is 1. The van der Waals surface area contributed by atoms with Crippen LogP contribution < -0.4 is 5.73 Å². The van der Waals surface area contributed by atoms with Crippen molar-refractivity contribution in [3.8, 4) is 21.6 Å². The molecule has 1 fully saturated rings. The van der Waals surface area contributed by atoms with Crippen molar-refractivity contribution in [1.29, 1.82) is 0 Å². The Bertz CT molecular complexity index is 941. The first-order valence-corrected chi connectivity index (χ1v) is 9.60. The molecule has 5 heteroatoms. The Hall–Kier alpha value is -2.11. The van der Waals surface area contributed by atoms with E-state index in [1.54, 1.807) is 11.3 Å². The fourth-order valence-electron chi connectivity index (χ4n) is 3.15. The quantitative estimate of drug-likeness (QED) is 0.589. The summed E-state index contributed by atoms with van der Waals surface area (Å²) in [5.74, 6) is -0.718. The average Bonchev–Trinajstić information content (AvgIpc) is 3.36. The first-order valence-electron chi connectivity index (χ1n) is 7.99. The van der Waals surface area contributed by atoms with Gasteiger partial charge in [0.1, 0.15) is 0 Å². The van der Waals surface area contributed by atoms with Gasteiger partial charge in [-0.05, 0) is 57.1 Å². The number of hydrogen-bond donors (Lipinski definition) is 2. The summed E-state index contributed by atoms with van der Waals surface area (Å²) < 4.78 is 1.02. The SMILES string of the molecule is Nc1cc(Br)sc1-c1ccc(-c2ccc(C3(C(=O)O)CC3)cc2)cc1. The minimum atomic E-state index is -0.718. The van der Waals surface area contributed by atoms with Crippen molar-refractivity contribution in [3.05, 3.63) is 63.9 Å². The number of carbonyl (C=O) groups is 1. The lowest BCUT2D eigenvalue weighted by Crippen LogP contribution is -2.19. The minimum absolute atomic E-state index is 0.646. The highest BCUT2D eigenvalue weighted by molar-refractivity contribution is 9.11. The van der Waals surface area contributed by atoms with E-state index in [2.05, 4.69) is 40.2 Å². The van der Waals surface area contributed by atoms with Gasteiger partial charge in [0.2, 0.25) is 0 Å². The molecule has 0 aliphatic heterocycles. The molecule has 1 aliphatic carbocycles. The van der Waals surface area contributed by atoms with E-state index < -0.39 is 11.4 Å². The van der Waals surface area contributed by atoms with E-state index in [9.17, 15) is 9.90 Å². The molecule has 126 valence electrons. The molecule has 1 saturated carbocycles. The van der Waals surface area contributed by atoms with E-state index >= 15 is 0 Å². The second kappa shape index (κ2) is 6.00. The topological polar surface area (TPSA) is 63.3 Å². The molecule has 1 aromatic heterocycles. The van der Waals surface area contributed by atoms with Gasteiger partial charge < -0.3 is 10.8 Å². The van der Waals surface area contributed by atoms with Crippen LogP contribution in [0.1, 0.15) is 18.4 Å². The number of anilines is 1. The van der Waals surface area contributed by atoms with Crippen LogP contribution in [0.2, 0.25) is 0 Å². The van der Waals surface area contributed by atoms with Crippen LogP contribution in [0.4, 0.5) is 5.69 Å². The van der Waals surface area contributed by atoms with E-state index in [1.807, 2.05) is 30.3 Å². The highest BCUT2D eigenvalue weighted by Crippen LogP contribution is 2.48. The Labute approximate surface area is 158 Å². The molecule has 4 rings (SSSR count). The molecule has 0 radical (unpaired) electrons. The fourth-order valence-corrected chi connectivity index (χ4v) is 4.69.